The maximum absolute atomic E-state index is 4.53. The van der Waals surface area contributed by atoms with Crippen LogP contribution in [0, 0.1) is 62.3 Å². The summed E-state index contributed by atoms with van der Waals surface area (Å²) in [6, 6.07) is 80.9. The number of hydrogen-bond donors (Lipinski definition) is 0. The van der Waals surface area contributed by atoms with Crippen molar-refractivity contribution >= 4 is 81.2 Å². The molecular weight excluding hydrogens is 988 g/mol. The van der Waals surface area contributed by atoms with Crippen molar-refractivity contribution in [2.24, 2.45) is 0 Å². The van der Waals surface area contributed by atoms with Gasteiger partial charge in [0.1, 0.15) is 0 Å². The summed E-state index contributed by atoms with van der Waals surface area (Å²) in [5, 5.41) is 12.7. The summed E-state index contributed by atoms with van der Waals surface area (Å²) in [6.45, 7) is 19.3. The van der Waals surface area contributed by atoms with Crippen molar-refractivity contribution in [1.82, 2.24) is 0 Å². The van der Waals surface area contributed by atoms with Crippen LogP contribution in [-0.2, 0) is 17.3 Å². The molecule has 0 bridgehead atoms. The third-order valence-corrected chi connectivity index (χ3v) is 19.0. The Balaban J connectivity index is 0.000000165. The molecule has 5 heteroatoms. The summed E-state index contributed by atoms with van der Waals surface area (Å²) in [5.41, 5.74) is 11.8. The second-order valence-corrected chi connectivity index (χ2v) is 24.2. The summed E-state index contributed by atoms with van der Waals surface area (Å²) < 4.78 is 0. The quantitative estimate of drug-likeness (QED) is 0.0998. The Morgan fingerprint density at radius 2 is 0.250 bits per heavy atom. The van der Waals surface area contributed by atoms with Gasteiger partial charge in [0, 0.05) is 0 Å². The molecule has 0 radical (unpaired) electrons. The molecule has 0 aromatic heterocycles. The van der Waals surface area contributed by atoms with Crippen LogP contribution in [0.2, 0.25) is 0 Å². The first-order valence-electron chi connectivity index (χ1n) is 23.0. The summed E-state index contributed by atoms with van der Waals surface area (Å²) in [6.07, 6.45) is 0. The molecule has 346 valence electrons. The standard InChI is InChI=1S/3C21H21P.ClH.Rh/c3*1-16-4-10-19(11-5-16)22(20-12-6-17(2)7-13-20)21-14-8-18(3)9-15-21;;/h3*4-15H,1-3H3;1H;/q;;;;+1/p-1. The van der Waals surface area contributed by atoms with Crippen LogP contribution in [0.25, 0.3) is 0 Å². The van der Waals surface area contributed by atoms with Gasteiger partial charge in [-0.05, 0) is 134 Å². The second kappa shape index (κ2) is 26.2. The van der Waals surface area contributed by atoms with E-state index in [9.17, 15) is 0 Å². The monoisotopic (exact) mass is 1050 g/mol. The molecular formula is C63H63ClP3Rh. The number of halogens is 1. The predicted octanol–water partition coefficient (Wildman–Crippen LogP) is 13.8. The minimum absolute atomic E-state index is 0.483. The first-order chi connectivity index (χ1) is 32.9. The molecule has 0 unspecified atom stereocenters. The van der Waals surface area contributed by atoms with E-state index in [-0.39, 0.29) is 0 Å². The zero-order chi connectivity index (χ0) is 48.6. The summed E-state index contributed by atoms with van der Waals surface area (Å²) >= 11 is 2.02. The molecule has 0 amide bonds. The van der Waals surface area contributed by atoms with E-state index in [1.807, 2.05) is 17.3 Å². The van der Waals surface area contributed by atoms with Gasteiger partial charge in [-0.2, -0.15) is 0 Å². The fourth-order valence-corrected chi connectivity index (χ4v) is 14.3. The Hall–Kier alpha value is -4.82. The molecule has 9 aromatic carbocycles. The van der Waals surface area contributed by atoms with Gasteiger partial charge in [0.15, 0.2) is 0 Å². The van der Waals surface area contributed by atoms with Gasteiger partial charge in [0.2, 0.25) is 0 Å². The molecule has 0 saturated carbocycles. The van der Waals surface area contributed by atoms with E-state index < -0.39 is 23.8 Å². The van der Waals surface area contributed by atoms with E-state index in [1.54, 1.807) is 0 Å². The van der Waals surface area contributed by atoms with Crippen molar-refractivity contribution < 1.29 is 17.3 Å². The first-order valence-corrected chi connectivity index (χ1v) is 29.2. The third kappa shape index (κ3) is 15.1. The topological polar surface area (TPSA) is 0 Å². The van der Waals surface area contributed by atoms with E-state index in [2.05, 4.69) is 290 Å². The van der Waals surface area contributed by atoms with Crippen LogP contribution >= 0.6 is 33.5 Å². The molecule has 0 N–H and O–H groups in total. The van der Waals surface area contributed by atoms with Gasteiger partial charge in [-0.3, -0.25) is 0 Å². The molecule has 0 fully saturated rings. The van der Waals surface area contributed by atoms with Crippen LogP contribution in [0.1, 0.15) is 50.1 Å². The summed E-state index contributed by atoms with van der Waals surface area (Å²) in [5.74, 6) is 0. The molecule has 0 nitrogen and oxygen atoms in total. The summed E-state index contributed by atoms with van der Waals surface area (Å²) in [4.78, 5) is 0. The van der Waals surface area contributed by atoms with Gasteiger partial charge in [-0.25, -0.2) is 0 Å². The second-order valence-electron chi connectivity index (χ2n) is 17.5. The van der Waals surface area contributed by atoms with E-state index >= 15 is 0 Å². The van der Waals surface area contributed by atoms with Gasteiger partial charge >= 0.3 is 27.0 Å². The number of aryl methyl sites for hydroxylation is 9. The zero-order valence-electron chi connectivity index (χ0n) is 40.8. The van der Waals surface area contributed by atoms with Crippen LogP contribution in [0.15, 0.2) is 218 Å². The number of benzene rings is 9. The SMILES string of the molecule is Cc1ccc(P(c2ccc(C)cc2)c2ccc(C)cc2)cc1.Cc1ccc(P(c2ccc(C)cc2)c2ccc(C)cc2)cc1.Cc1ccc(P(c2ccc(C)cc2)c2ccc(C)cc2)cc1.[Cl][Rh]. The molecule has 0 aliphatic heterocycles. The van der Waals surface area contributed by atoms with Crippen LogP contribution in [-0.4, -0.2) is 0 Å². The Morgan fingerprint density at radius 1 is 0.176 bits per heavy atom. The van der Waals surface area contributed by atoms with Gasteiger partial charge in [-0.15, -0.1) is 0 Å². The Bertz CT molecular complexity index is 2230. The average molecular weight is 1050 g/mol. The maximum atomic E-state index is 4.53. The van der Waals surface area contributed by atoms with Crippen molar-refractivity contribution in [3.05, 3.63) is 268 Å². The van der Waals surface area contributed by atoms with E-state index in [4.69, 9.17) is 0 Å². The Morgan fingerprint density at radius 3 is 0.324 bits per heavy atom. The van der Waals surface area contributed by atoms with Crippen LogP contribution in [0.3, 0.4) is 0 Å². The Kier molecular flexibility index (Phi) is 20.3. The van der Waals surface area contributed by atoms with Crippen LogP contribution < -0.4 is 47.7 Å². The van der Waals surface area contributed by atoms with E-state index in [1.165, 1.54) is 97.8 Å². The molecule has 0 atom stereocenters. The average Bonchev–Trinajstić information content (AvgIpc) is 3.36. The van der Waals surface area contributed by atoms with Crippen molar-refractivity contribution in [1.29, 1.82) is 0 Å². The fraction of sp³-hybridized carbons (Fsp3) is 0.143. The molecule has 0 saturated heterocycles. The van der Waals surface area contributed by atoms with Gasteiger partial charge < -0.3 is 0 Å². The summed E-state index contributed by atoms with van der Waals surface area (Å²) in [7, 11) is 3.08. The van der Waals surface area contributed by atoms with Crippen molar-refractivity contribution in [3.63, 3.8) is 0 Å². The first kappa shape index (κ1) is 52.6. The van der Waals surface area contributed by atoms with Crippen molar-refractivity contribution in [3.8, 4) is 0 Å². The molecule has 0 heterocycles. The van der Waals surface area contributed by atoms with Gasteiger partial charge in [0.25, 0.3) is 0 Å². The fourth-order valence-electron chi connectivity index (χ4n) is 7.59. The Labute approximate surface area is 426 Å². The van der Waals surface area contributed by atoms with E-state index in [0.29, 0.717) is 0 Å². The van der Waals surface area contributed by atoms with Crippen LogP contribution in [0.5, 0.6) is 0 Å². The van der Waals surface area contributed by atoms with E-state index in [0.717, 1.165) is 0 Å². The molecule has 9 rings (SSSR count). The molecule has 0 aliphatic carbocycles. The van der Waals surface area contributed by atoms with Gasteiger partial charge in [-0.1, -0.05) is 268 Å². The molecule has 0 spiro atoms. The number of rotatable bonds is 9. The predicted molar refractivity (Wildman–Crippen MR) is 304 cm³/mol. The van der Waals surface area contributed by atoms with Crippen molar-refractivity contribution in [2.75, 3.05) is 0 Å². The zero-order valence-corrected chi connectivity index (χ0v) is 45.9. The van der Waals surface area contributed by atoms with Crippen LogP contribution in [0.4, 0.5) is 0 Å². The molecule has 0 aliphatic rings. The molecule has 9 aromatic rings. The number of hydrogen-bond acceptors (Lipinski definition) is 0. The minimum atomic E-state index is -0.483. The van der Waals surface area contributed by atoms with Crippen molar-refractivity contribution in [2.45, 2.75) is 62.3 Å². The van der Waals surface area contributed by atoms with Gasteiger partial charge in [0.05, 0.1) is 0 Å². The normalized spacial score (nSPS) is 10.7. The molecule has 68 heavy (non-hydrogen) atoms. The third-order valence-electron chi connectivity index (χ3n) is 11.6.